The van der Waals surface area contributed by atoms with Crippen LogP contribution in [0.4, 0.5) is 4.39 Å². The van der Waals surface area contributed by atoms with Gasteiger partial charge >= 0.3 is 5.97 Å². The van der Waals surface area contributed by atoms with Crippen molar-refractivity contribution in [3.05, 3.63) is 35.9 Å². The highest BCUT2D eigenvalue weighted by molar-refractivity contribution is 5.74. The number of hydrogen-bond donors (Lipinski definition) is 0. The third-order valence-corrected chi connectivity index (χ3v) is 2.97. The second kappa shape index (κ2) is 3.65. The summed E-state index contributed by atoms with van der Waals surface area (Å²) in [6.07, 6.45) is 0.480. The summed E-state index contributed by atoms with van der Waals surface area (Å²) in [7, 11) is 1.34. The zero-order chi connectivity index (χ0) is 10.9. The summed E-state index contributed by atoms with van der Waals surface area (Å²) in [5.41, 5.74) is -0.676. The van der Waals surface area contributed by atoms with Crippen molar-refractivity contribution in [2.75, 3.05) is 7.11 Å². The number of halogens is 1. The van der Waals surface area contributed by atoms with E-state index in [-0.39, 0.29) is 24.7 Å². The van der Waals surface area contributed by atoms with Crippen molar-refractivity contribution >= 4 is 5.97 Å². The Balaban J connectivity index is 2.06. The van der Waals surface area contributed by atoms with Crippen LogP contribution in [0.15, 0.2) is 30.3 Å². The van der Waals surface area contributed by atoms with Gasteiger partial charge in [-0.2, -0.15) is 0 Å². The molecule has 0 heterocycles. The van der Waals surface area contributed by atoms with Gasteiger partial charge < -0.3 is 4.74 Å². The normalized spacial score (nSPS) is 29.3. The Morgan fingerprint density at radius 2 is 2.00 bits per heavy atom. The molecule has 1 aromatic carbocycles. The number of benzene rings is 1. The molecule has 80 valence electrons. The maximum absolute atomic E-state index is 14.2. The first kappa shape index (κ1) is 10.1. The van der Waals surface area contributed by atoms with Gasteiger partial charge in [0.2, 0.25) is 0 Å². The van der Waals surface area contributed by atoms with E-state index >= 15 is 0 Å². The lowest BCUT2D eigenvalue weighted by molar-refractivity contribution is -0.155. The van der Waals surface area contributed by atoms with Crippen LogP contribution in [0, 0.1) is 5.92 Å². The number of carbonyl (C=O) groups is 1. The predicted molar refractivity (Wildman–Crippen MR) is 54.0 cm³/mol. The molecule has 3 heteroatoms. The zero-order valence-corrected chi connectivity index (χ0v) is 8.57. The van der Waals surface area contributed by atoms with Crippen molar-refractivity contribution < 1.29 is 13.9 Å². The number of hydrogen-bond acceptors (Lipinski definition) is 2. The molecule has 1 aliphatic rings. The van der Waals surface area contributed by atoms with E-state index in [1.54, 1.807) is 12.1 Å². The predicted octanol–water partition coefficient (Wildman–Crippen LogP) is 2.43. The second-order valence-electron chi connectivity index (χ2n) is 3.96. The van der Waals surface area contributed by atoms with Gasteiger partial charge in [-0.1, -0.05) is 30.3 Å². The Morgan fingerprint density at radius 1 is 1.40 bits per heavy atom. The first-order valence-electron chi connectivity index (χ1n) is 4.98. The Labute approximate surface area is 88.1 Å². The maximum atomic E-state index is 14.2. The van der Waals surface area contributed by atoms with Gasteiger partial charge in [-0.15, -0.1) is 0 Å². The number of alkyl halides is 1. The van der Waals surface area contributed by atoms with Crippen LogP contribution in [0.3, 0.4) is 0 Å². The van der Waals surface area contributed by atoms with Gasteiger partial charge in [0.05, 0.1) is 13.0 Å². The van der Waals surface area contributed by atoms with E-state index in [1.165, 1.54) is 7.11 Å². The van der Waals surface area contributed by atoms with Crippen molar-refractivity contribution in [1.82, 2.24) is 0 Å². The first-order chi connectivity index (χ1) is 7.15. The summed E-state index contributed by atoms with van der Waals surface area (Å²) < 4.78 is 18.8. The Morgan fingerprint density at radius 3 is 2.53 bits per heavy atom. The van der Waals surface area contributed by atoms with Crippen LogP contribution in [-0.2, 0) is 15.2 Å². The quantitative estimate of drug-likeness (QED) is 0.698. The highest BCUT2D eigenvalue weighted by Gasteiger charge is 2.49. The summed E-state index contributed by atoms with van der Waals surface area (Å²) in [6, 6.07) is 8.98. The molecule has 1 fully saturated rings. The fourth-order valence-electron chi connectivity index (χ4n) is 2.03. The number of rotatable bonds is 2. The molecule has 0 radical (unpaired) electrons. The van der Waals surface area contributed by atoms with Crippen LogP contribution in [0.5, 0.6) is 0 Å². The fourth-order valence-corrected chi connectivity index (χ4v) is 2.03. The van der Waals surface area contributed by atoms with Gasteiger partial charge in [0.25, 0.3) is 0 Å². The van der Waals surface area contributed by atoms with Crippen LogP contribution in [-0.4, -0.2) is 13.1 Å². The topological polar surface area (TPSA) is 26.3 Å². The molecular weight excluding hydrogens is 195 g/mol. The Hall–Kier alpha value is -1.38. The van der Waals surface area contributed by atoms with E-state index in [4.69, 9.17) is 0 Å². The highest BCUT2D eigenvalue weighted by Crippen LogP contribution is 2.49. The standard InChI is InChI=1S/C12H13FO2/c1-15-11(14)9-7-12(13,8-9)10-5-3-2-4-6-10/h2-6,9H,7-8H2,1H3. The SMILES string of the molecule is COC(=O)C1CC(F)(c2ccccc2)C1. The van der Waals surface area contributed by atoms with E-state index < -0.39 is 5.67 Å². The largest absolute Gasteiger partial charge is 0.469 e. The fraction of sp³-hybridized carbons (Fsp3) is 0.417. The van der Waals surface area contributed by atoms with Crippen molar-refractivity contribution in [1.29, 1.82) is 0 Å². The smallest absolute Gasteiger partial charge is 0.308 e. The number of methoxy groups -OCH3 is 1. The first-order valence-corrected chi connectivity index (χ1v) is 4.98. The molecule has 0 aromatic heterocycles. The molecule has 2 nitrogen and oxygen atoms in total. The van der Waals surface area contributed by atoms with Gasteiger partial charge in [-0.25, -0.2) is 4.39 Å². The lowest BCUT2D eigenvalue weighted by Crippen LogP contribution is -2.41. The molecule has 0 bridgehead atoms. The number of ether oxygens (including phenoxy) is 1. The van der Waals surface area contributed by atoms with Gasteiger partial charge in [0.1, 0.15) is 5.67 Å². The third-order valence-electron chi connectivity index (χ3n) is 2.97. The van der Waals surface area contributed by atoms with Crippen molar-refractivity contribution in [3.8, 4) is 0 Å². The van der Waals surface area contributed by atoms with Gasteiger partial charge in [0.15, 0.2) is 0 Å². The van der Waals surface area contributed by atoms with Gasteiger partial charge in [0, 0.05) is 0 Å². The van der Waals surface area contributed by atoms with Crippen LogP contribution in [0.2, 0.25) is 0 Å². The molecular formula is C12H13FO2. The maximum Gasteiger partial charge on any atom is 0.308 e. The van der Waals surface area contributed by atoms with Gasteiger partial charge in [-0.3, -0.25) is 4.79 Å². The van der Waals surface area contributed by atoms with Crippen molar-refractivity contribution in [3.63, 3.8) is 0 Å². The molecule has 0 spiro atoms. The summed E-state index contributed by atoms with van der Waals surface area (Å²) >= 11 is 0. The van der Waals surface area contributed by atoms with E-state index in [0.29, 0.717) is 5.56 Å². The zero-order valence-electron chi connectivity index (χ0n) is 8.57. The average molecular weight is 208 g/mol. The minimum Gasteiger partial charge on any atom is -0.469 e. The lowest BCUT2D eigenvalue weighted by Gasteiger charge is -2.39. The summed E-state index contributed by atoms with van der Waals surface area (Å²) in [5, 5.41) is 0. The van der Waals surface area contributed by atoms with Crippen molar-refractivity contribution in [2.24, 2.45) is 5.92 Å². The van der Waals surface area contributed by atoms with Crippen molar-refractivity contribution in [2.45, 2.75) is 18.5 Å². The minimum atomic E-state index is -1.33. The summed E-state index contributed by atoms with van der Waals surface area (Å²) in [6.45, 7) is 0. The molecule has 0 saturated heterocycles. The third kappa shape index (κ3) is 1.74. The molecule has 1 saturated carbocycles. The van der Waals surface area contributed by atoms with E-state index in [9.17, 15) is 9.18 Å². The minimum absolute atomic E-state index is 0.240. The molecule has 0 N–H and O–H groups in total. The van der Waals surface area contributed by atoms with E-state index in [2.05, 4.69) is 4.74 Å². The molecule has 2 rings (SSSR count). The molecule has 15 heavy (non-hydrogen) atoms. The van der Waals surface area contributed by atoms with E-state index in [0.717, 1.165) is 0 Å². The molecule has 0 atom stereocenters. The van der Waals surface area contributed by atoms with Crippen LogP contribution < -0.4 is 0 Å². The van der Waals surface area contributed by atoms with Crippen LogP contribution in [0.25, 0.3) is 0 Å². The monoisotopic (exact) mass is 208 g/mol. The highest BCUT2D eigenvalue weighted by atomic mass is 19.1. The van der Waals surface area contributed by atoms with Gasteiger partial charge in [-0.05, 0) is 18.4 Å². The van der Waals surface area contributed by atoms with E-state index in [1.807, 2.05) is 18.2 Å². The second-order valence-corrected chi connectivity index (χ2v) is 3.96. The lowest BCUT2D eigenvalue weighted by atomic mass is 9.69. The molecule has 0 aliphatic heterocycles. The molecule has 1 aromatic rings. The van der Waals surface area contributed by atoms with Crippen LogP contribution in [0.1, 0.15) is 18.4 Å². The van der Waals surface area contributed by atoms with Crippen LogP contribution >= 0.6 is 0 Å². The molecule has 0 amide bonds. The molecule has 0 unspecified atom stereocenters. The number of carbonyl (C=O) groups excluding carboxylic acids is 1. The summed E-state index contributed by atoms with van der Waals surface area (Å²) in [4.78, 5) is 11.1. The average Bonchev–Trinajstić information content (AvgIpc) is 2.25. The molecule has 1 aliphatic carbocycles. The number of esters is 1. The Bertz CT molecular complexity index is 355. The Kier molecular flexibility index (Phi) is 2.47. The summed E-state index contributed by atoms with van der Waals surface area (Å²) in [5.74, 6) is -0.584.